The summed E-state index contributed by atoms with van der Waals surface area (Å²) >= 11 is 0. The van der Waals surface area contributed by atoms with E-state index in [1.54, 1.807) is 0 Å². The van der Waals surface area contributed by atoms with E-state index in [0.717, 1.165) is 12.1 Å². The second kappa shape index (κ2) is 8.46. The Balaban J connectivity index is 2.85. The number of nitrogens with two attached hydrogens (primary N) is 1. The van der Waals surface area contributed by atoms with Crippen molar-refractivity contribution in [2.24, 2.45) is 5.73 Å². The predicted molar refractivity (Wildman–Crippen MR) is 87.1 cm³/mol. The van der Waals surface area contributed by atoms with E-state index in [0.29, 0.717) is 18.7 Å². The van der Waals surface area contributed by atoms with E-state index in [-0.39, 0.29) is 11.9 Å². The normalized spacial score (nSPS) is 11.7. The lowest BCUT2D eigenvalue weighted by Gasteiger charge is -2.30. The van der Waals surface area contributed by atoms with E-state index < -0.39 is 0 Å². The van der Waals surface area contributed by atoms with Gasteiger partial charge < -0.3 is 15.5 Å². The lowest BCUT2D eigenvalue weighted by Crippen LogP contribution is -2.43. The van der Waals surface area contributed by atoms with Gasteiger partial charge in [-0.25, -0.2) is 0 Å². The summed E-state index contributed by atoms with van der Waals surface area (Å²) in [5.41, 5.74) is 6.92. The molecular formula is C17H25N3O. The summed E-state index contributed by atoms with van der Waals surface area (Å²) in [4.78, 5) is 16.6. The first-order valence-electron chi connectivity index (χ1n) is 7.24. The van der Waals surface area contributed by atoms with Crippen LogP contribution < -0.4 is 5.73 Å². The molecule has 1 aromatic rings. The molecule has 0 aliphatic heterocycles. The number of hydrogen-bond donors (Lipinski definition) is 1. The Morgan fingerprint density at radius 2 is 1.90 bits per heavy atom. The molecule has 1 amide bonds. The van der Waals surface area contributed by atoms with Crippen LogP contribution in [0, 0.1) is 11.8 Å². The molecule has 0 aliphatic carbocycles. The molecule has 4 nitrogen and oxygen atoms in total. The lowest BCUT2D eigenvalue weighted by atomic mass is 10.1. The second-order valence-corrected chi connectivity index (χ2v) is 5.29. The molecule has 1 aromatic carbocycles. The molecule has 114 valence electrons. The molecule has 0 saturated heterocycles. The number of carbonyl (C=O) groups excluding carboxylic acids is 1. The highest BCUT2D eigenvalue weighted by atomic mass is 16.2. The van der Waals surface area contributed by atoms with Gasteiger partial charge in [0.05, 0.1) is 6.54 Å². The molecule has 0 bridgehead atoms. The Morgan fingerprint density at radius 1 is 1.29 bits per heavy atom. The van der Waals surface area contributed by atoms with Crippen molar-refractivity contribution in [1.82, 2.24) is 9.80 Å². The zero-order valence-electron chi connectivity index (χ0n) is 13.4. The summed E-state index contributed by atoms with van der Waals surface area (Å²) in [5.74, 6) is 5.82. The molecule has 0 radical (unpaired) electrons. The van der Waals surface area contributed by atoms with E-state index in [2.05, 4.69) is 23.7 Å². The van der Waals surface area contributed by atoms with Crippen molar-refractivity contribution in [1.29, 1.82) is 0 Å². The van der Waals surface area contributed by atoms with Crippen LogP contribution in [0.1, 0.15) is 29.8 Å². The first-order valence-corrected chi connectivity index (χ1v) is 7.24. The fourth-order valence-corrected chi connectivity index (χ4v) is 2.30. The Labute approximate surface area is 127 Å². The zero-order valence-corrected chi connectivity index (χ0v) is 13.4. The zero-order chi connectivity index (χ0) is 15.8. The number of rotatable bonds is 5. The number of nitrogens with zero attached hydrogens (tertiary/aromatic N) is 2. The van der Waals surface area contributed by atoms with Gasteiger partial charge in [-0.15, -0.1) is 0 Å². The maximum absolute atomic E-state index is 12.6. The van der Waals surface area contributed by atoms with Gasteiger partial charge in [0.15, 0.2) is 0 Å². The van der Waals surface area contributed by atoms with E-state index >= 15 is 0 Å². The quantitative estimate of drug-likeness (QED) is 0.833. The van der Waals surface area contributed by atoms with Crippen molar-refractivity contribution >= 4 is 5.91 Å². The number of hydrogen-bond acceptors (Lipinski definition) is 3. The maximum atomic E-state index is 12.6. The smallest absolute Gasteiger partial charge is 0.254 e. The summed E-state index contributed by atoms with van der Waals surface area (Å²) < 4.78 is 0. The molecular weight excluding hydrogens is 262 g/mol. The number of likely N-dealkylation sites (N-methyl/N-ethyl adjacent to an activating group) is 2. The van der Waals surface area contributed by atoms with Crippen LogP contribution in [0.25, 0.3) is 0 Å². The Morgan fingerprint density at radius 3 is 2.38 bits per heavy atom. The van der Waals surface area contributed by atoms with Crippen LogP contribution in [-0.4, -0.2) is 55.5 Å². The third kappa shape index (κ3) is 5.22. The van der Waals surface area contributed by atoms with Crippen LogP contribution in [-0.2, 0) is 0 Å². The highest BCUT2D eigenvalue weighted by Gasteiger charge is 2.20. The van der Waals surface area contributed by atoms with Gasteiger partial charge in [0.2, 0.25) is 0 Å². The molecule has 2 N–H and O–H groups in total. The van der Waals surface area contributed by atoms with Gasteiger partial charge in [0, 0.05) is 30.3 Å². The average Bonchev–Trinajstić information content (AvgIpc) is 2.45. The molecule has 1 rings (SSSR count). The van der Waals surface area contributed by atoms with Crippen molar-refractivity contribution in [2.75, 3.05) is 33.7 Å². The van der Waals surface area contributed by atoms with Gasteiger partial charge in [-0.2, -0.15) is 0 Å². The Hall–Kier alpha value is -1.83. The van der Waals surface area contributed by atoms with Crippen LogP contribution >= 0.6 is 0 Å². The van der Waals surface area contributed by atoms with Crippen molar-refractivity contribution in [3.63, 3.8) is 0 Å². The van der Waals surface area contributed by atoms with Crippen LogP contribution in [0.4, 0.5) is 0 Å². The van der Waals surface area contributed by atoms with Crippen molar-refractivity contribution in [3.8, 4) is 11.8 Å². The summed E-state index contributed by atoms with van der Waals surface area (Å²) in [6.45, 7) is 5.96. The lowest BCUT2D eigenvalue weighted by molar-refractivity contribution is 0.0679. The van der Waals surface area contributed by atoms with Gasteiger partial charge in [-0.05, 0) is 52.2 Å². The minimum Gasteiger partial charge on any atom is -0.335 e. The molecule has 0 saturated carbocycles. The van der Waals surface area contributed by atoms with Gasteiger partial charge in [-0.3, -0.25) is 4.79 Å². The van der Waals surface area contributed by atoms with Gasteiger partial charge in [0.25, 0.3) is 5.91 Å². The fraction of sp³-hybridized carbons (Fsp3) is 0.471. The van der Waals surface area contributed by atoms with E-state index in [1.807, 2.05) is 50.2 Å². The monoisotopic (exact) mass is 287 g/mol. The molecule has 1 unspecified atom stereocenters. The molecule has 0 heterocycles. The van der Waals surface area contributed by atoms with Crippen LogP contribution in [0.2, 0.25) is 0 Å². The molecule has 0 aliphatic rings. The maximum Gasteiger partial charge on any atom is 0.254 e. The largest absolute Gasteiger partial charge is 0.335 e. The molecule has 4 heteroatoms. The fourth-order valence-electron chi connectivity index (χ4n) is 2.30. The summed E-state index contributed by atoms with van der Waals surface area (Å²) in [7, 11) is 4.03. The summed E-state index contributed by atoms with van der Waals surface area (Å²) in [5, 5.41) is 0. The molecule has 0 fully saturated rings. The van der Waals surface area contributed by atoms with E-state index in [1.165, 1.54) is 0 Å². The second-order valence-electron chi connectivity index (χ2n) is 5.29. The third-order valence-corrected chi connectivity index (χ3v) is 3.23. The van der Waals surface area contributed by atoms with E-state index in [4.69, 9.17) is 5.73 Å². The molecule has 21 heavy (non-hydrogen) atoms. The molecule has 0 aromatic heterocycles. The highest BCUT2D eigenvalue weighted by Crippen LogP contribution is 2.10. The van der Waals surface area contributed by atoms with Crippen LogP contribution in [0.3, 0.4) is 0 Å². The SMILES string of the molecule is CCN(C(=O)c1ccc(C#CCN)cc1)C(C)CN(C)C. The standard InChI is InChI=1S/C17H25N3O/c1-5-20(14(2)13-19(3)4)17(21)16-10-8-15(9-11-16)7-6-12-18/h8-11,14H,5,12-13,18H2,1-4H3. The van der Waals surface area contributed by atoms with Gasteiger partial charge in [0.1, 0.15) is 0 Å². The third-order valence-electron chi connectivity index (χ3n) is 3.23. The van der Waals surface area contributed by atoms with Crippen molar-refractivity contribution < 1.29 is 4.79 Å². The number of carbonyl (C=O) groups is 1. The first-order chi connectivity index (χ1) is 9.99. The van der Waals surface area contributed by atoms with Crippen molar-refractivity contribution in [3.05, 3.63) is 35.4 Å². The van der Waals surface area contributed by atoms with Crippen LogP contribution in [0.5, 0.6) is 0 Å². The number of amides is 1. The van der Waals surface area contributed by atoms with Crippen LogP contribution in [0.15, 0.2) is 24.3 Å². The average molecular weight is 287 g/mol. The highest BCUT2D eigenvalue weighted by molar-refractivity contribution is 5.94. The van der Waals surface area contributed by atoms with Gasteiger partial charge >= 0.3 is 0 Å². The van der Waals surface area contributed by atoms with E-state index in [9.17, 15) is 4.79 Å². The first kappa shape index (κ1) is 17.2. The van der Waals surface area contributed by atoms with Crippen molar-refractivity contribution in [2.45, 2.75) is 19.9 Å². The minimum absolute atomic E-state index is 0.0604. The van der Waals surface area contributed by atoms with Gasteiger partial charge in [-0.1, -0.05) is 11.8 Å². The topological polar surface area (TPSA) is 49.6 Å². The minimum atomic E-state index is 0.0604. The summed E-state index contributed by atoms with van der Waals surface area (Å²) in [6, 6.07) is 7.55. The predicted octanol–water partition coefficient (Wildman–Crippen LogP) is 1.41. The molecule has 1 atom stereocenters. The number of benzene rings is 1. The molecule has 0 spiro atoms. The Bertz CT molecular complexity index is 511. The Kier molecular flexibility index (Phi) is 6.93. The summed E-state index contributed by atoms with van der Waals surface area (Å²) in [6.07, 6.45) is 0.